The van der Waals surface area contributed by atoms with E-state index in [2.05, 4.69) is 26.3 Å². The van der Waals surface area contributed by atoms with Crippen molar-refractivity contribution in [1.82, 2.24) is 0 Å². The van der Waals surface area contributed by atoms with Crippen LogP contribution in [0.1, 0.15) is 26.0 Å². The second-order valence-electron chi connectivity index (χ2n) is 2.04. The average Bonchev–Trinajstić information content (AvgIpc) is 2.20. The van der Waals surface area contributed by atoms with Gasteiger partial charge in [0.15, 0.2) is 0 Å². The summed E-state index contributed by atoms with van der Waals surface area (Å²) in [6, 6.07) is 8.02. The molecule has 1 aromatic rings. The predicted molar refractivity (Wildman–Crippen MR) is 71.3 cm³/mol. The topological polar surface area (TPSA) is 0 Å². The van der Waals surface area contributed by atoms with Gasteiger partial charge in [0.1, 0.15) is 0 Å². The van der Waals surface area contributed by atoms with Crippen molar-refractivity contribution in [1.29, 1.82) is 0 Å². The van der Waals surface area contributed by atoms with Crippen molar-refractivity contribution in [3.8, 4) is 0 Å². The van der Waals surface area contributed by atoms with E-state index in [1.54, 1.807) is 0 Å². The lowest BCUT2D eigenvalue weighted by atomic mass is 10.1. The van der Waals surface area contributed by atoms with Gasteiger partial charge in [-0.15, -0.1) is 13.2 Å². The standard InChI is InChI=1S/C10H10.C2H4.2CH4/c1-3-9-7-5-6-8-10(9)4-2;1-2;;/h3-8H,1-2H2;1-2H2;2*1H4. The van der Waals surface area contributed by atoms with Gasteiger partial charge in [0.25, 0.3) is 0 Å². The summed E-state index contributed by atoms with van der Waals surface area (Å²) >= 11 is 0. The largest absolute Gasteiger partial charge is 0.106 e. The van der Waals surface area contributed by atoms with Crippen molar-refractivity contribution >= 4 is 12.2 Å². The highest BCUT2D eigenvalue weighted by molar-refractivity contribution is 5.63. The minimum absolute atomic E-state index is 0. The minimum atomic E-state index is 0. The first-order chi connectivity index (χ1) is 5.88. The Kier molecular flexibility index (Phi) is 14.9. The van der Waals surface area contributed by atoms with Gasteiger partial charge in [-0.3, -0.25) is 0 Å². The predicted octanol–water partition coefficient (Wildman–Crippen LogP) is 5.05. The van der Waals surface area contributed by atoms with Gasteiger partial charge in [0.05, 0.1) is 0 Å². The highest BCUT2D eigenvalue weighted by atomic mass is 13.9. The van der Waals surface area contributed by atoms with Crippen LogP contribution in [-0.4, -0.2) is 0 Å². The third-order valence-corrected chi connectivity index (χ3v) is 1.44. The molecular weight excluding hydrogens is 168 g/mol. The van der Waals surface area contributed by atoms with Crippen LogP contribution in [0.25, 0.3) is 12.2 Å². The van der Waals surface area contributed by atoms with E-state index in [0.717, 1.165) is 11.1 Å². The maximum absolute atomic E-state index is 3.69. The maximum atomic E-state index is 3.69. The van der Waals surface area contributed by atoms with Gasteiger partial charge in [-0.25, -0.2) is 0 Å². The van der Waals surface area contributed by atoms with Crippen LogP contribution in [0.2, 0.25) is 0 Å². The van der Waals surface area contributed by atoms with Crippen molar-refractivity contribution in [2.24, 2.45) is 0 Å². The molecule has 0 aliphatic carbocycles. The third kappa shape index (κ3) is 5.15. The second-order valence-corrected chi connectivity index (χ2v) is 2.04. The van der Waals surface area contributed by atoms with Gasteiger partial charge in [0, 0.05) is 0 Å². The van der Waals surface area contributed by atoms with E-state index in [0.29, 0.717) is 0 Å². The molecule has 0 aromatic heterocycles. The second kappa shape index (κ2) is 11.4. The van der Waals surface area contributed by atoms with Crippen LogP contribution >= 0.6 is 0 Å². The Labute approximate surface area is 89.3 Å². The molecule has 1 aromatic carbocycles. The zero-order chi connectivity index (χ0) is 9.40. The van der Waals surface area contributed by atoms with Gasteiger partial charge >= 0.3 is 0 Å². The molecule has 0 radical (unpaired) electrons. The van der Waals surface area contributed by atoms with Crippen molar-refractivity contribution in [2.75, 3.05) is 0 Å². The zero-order valence-electron chi connectivity index (χ0n) is 7.29. The summed E-state index contributed by atoms with van der Waals surface area (Å²) in [5, 5.41) is 0. The molecule has 0 fully saturated rings. The lowest BCUT2D eigenvalue weighted by molar-refractivity contribution is 1.62. The van der Waals surface area contributed by atoms with Crippen LogP contribution in [0.4, 0.5) is 0 Å². The fourth-order valence-corrected chi connectivity index (χ4v) is 0.883. The molecule has 0 heteroatoms. The summed E-state index contributed by atoms with van der Waals surface area (Å²) in [6.45, 7) is 13.4. The van der Waals surface area contributed by atoms with Gasteiger partial charge in [0.2, 0.25) is 0 Å². The molecule has 0 bridgehead atoms. The Balaban J connectivity index is -0.000000284. The summed E-state index contributed by atoms with van der Waals surface area (Å²) < 4.78 is 0. The number of hydrogen-bond acceptors (Lipinski definition) is 0. The zero-order valence-corrected chi connectivity index (χ0v) is 7.29. The Morgan fingerprint density at radius 3 is 1.29 bits per heavy atom. The van der Waals surface area contributed by atoms with E-state index in [1.165, 1.54) is 0 Å². The molecule has 0 unspecified atom stereocenters. The smallest absolute Gasteiger partial charge is 0.0190 e. The molecule has 0 heterocycles. The van der Waals surface area contributed by atoms with Gasteiger partial charge in [-0.05, 0) is 11.1 Å². The van der Waals surface area contributed by atoms with Crippen LogP contribution in [0.3, 0.4) is 0 Å². The lowest BCUT2D eigenvalue weighted by Gasteiger charge is -1.96. The quantitative estimate of drug-likeness (QED) is 0.573. The molecule has 0 atom stereocenters. The summed E-state index contributed by atoms with van der Waals surface area (Å²) in [5.74, 6) is 0. The van der Waals surface area contributed by atoms with E-state index in [4.69, 9.17) is 0 Å². The molecule has 1 rings (SSSR count). The molecule has 0 amide bonds. The SMILES string of the molecule is C.C.C=C.C=Cc1ccccc1C=C. The van der Waals surface area contributed by atoms with Crippen molar-refractivity contribution in [3.63, 3.8) is 0 Å². The van der Waals surface area contributed by atoms with Crippen LogP contribution < -0.4 is 0 Å². The van der Waals surface area contributed by atoms with Gasteiger partial charge in [-0.2, -0.15) is 0 Å². The monoisotopic (exact) mass is 190 g/mol. The first-order valence-electron chi connectivity index (χ1n) is 3.72. The van der Waals surface area contributed by atoms with Crippen molar-refractivity contribution in [3.05, 3.63) is 61.7 Å². The molecule has 0 N–H and O–H groups in total. The summed E-state index contributed by atoms with van der Waals surface area (Å²) in [5.41, 5.74) is 2.27. The van der Waals surface area contributed by atoms with Crippen LogP contribution in [0.5, 0.6) is 0 Å². The van der Waals surface area contributed by atoms with Crippen LogP contribution in [0, 0.1) is 0 Å². The summed E-state index contributed by atoms with van der Waals surface area (Å²) in [4.78, 5) is 0. The molecular formula is C14H22. The van der Waals surface area contributed by atoms with E-state index in [-0.39, 0.29) is 14.9 Å². The average molecular weight is 190 g/mol. The van der Waals surface area contributed by atoms with Crippen LogP contribution in [-0.2, 0) is 0 Å². The van der Waals surface area contributed by atoms with E-state index < -0.39 is 0 Å². The molecule has 0 aliphatic heterocycles. The third-order valence-electron chi connectivity index (χ3n) is 1.44. The lowest BCUT2D eigenvalue weighted by Crippen LogP contribution is -1.76. The van der Waals surface area contributed by atoms with Crippen molar-refractivity contribution in [2.45, 2.75) is 14.9 Å². The Morgan fingerprint density at radius 2 is 1.07 bits per heavy atom. The van der Waals surface area contributed by atoms with Gasteiger partial charge in [-0.1, -0.05) is 64.4 Å². The van der Waals surface area contributed by atoms with E-state index in [1.807, 2.05) is 36.4 Å². The summed E-state index contributed by atoms with van der Waals surface area (Å²) in [7, 11) is 0. The molecule has 0 spiro atoms. The highest BCUT2D eigenvalue weighted by Gasteiger charge is 1.89. The Morgan fingerprint density at radius 1 is 0.786 bits per heavy atom. The number of benzene rings is 1. The molecule has 0 aliphatic rings. The summed E-state index contributed by atoms with van der Waals surface area (Å²) in [6.07, 6.45) is 3.66. The van der Waals surface area contributed by atoms with E-state index >= 15 is 0 Å². The normalized spacial score (nSPS) is 6.57. The molecule has 14 heavy (non-hydrogen) atoms. The number of rotatable bonds is 2. The fourth-order valence-electron chi connectivity index (χ4n) is 0.883. The van der Waals surface area contributed by atoms with Crippen LogP contribution in [0.15, 0.2) is 50.6 Å². The van der Waals surface area contributed by atoms with E-state index in [9.17, 15) is 0 Å². The molecule has 78 valence electrons. The fraction of sp³-hybridized carbons (Fsp3) is 0.143. The molecule has 0 saturated heterocycles. The Hall–Kier alpha value is -1.56. The maximum Gasteiger partial charge on any atom is -0.0190 e. The Bertz CT molecular complexity index is 231. The molecule has 0 nitrogen and oxygen atoms in total. The van der Waals surface area contributed by atoms with Gasteiger partial charge < -0.3 is 0 Å². The molecule has 0 saturated carbocycles. The highest BCUT2D eigenvalue weighted by Crippen LogP contribution is 2.10. The number of hydrogen-bond donors (Lipinski definition) is 0. The van der Waals surface area contributed by atoms with Crippen molar-refractivity contribution < 1.29 is 0 Å². The first kappa shape index (κ1) is 18.3. The minimum Gasteiger partial charge on any atom is -0.106 e. The first-order valence-corrected chi connectivity index (χ1v) is 3.72.